The lowest BCUT2D eigenvalue weighted by molar-refractivity contribution is -0.127. The Bertz CT molecular complexity index is 790. The van der Waals surface area contributed by atoms with Gasteiger partial charge < -0.3 is 24.8 Å². The summed E-state index contributed by atoms with van der Waals surface area (Å²) in [6.45, 7) is 2.19. The number of carbonyl (C=O) groups excluding carboxylic acids is 2. The summed E-state index contributed by atoms with van der Waals surface area (Å²) in [5.41, 5.74) is 2.12. The molecule has 0 bridgehead atoms. The van der Waals surface area contributed by atoms with E-state index in [2.05, 4.69) is 10.6 Å². The Hall–Kier alpha value is -3.22. The number of hydrogen-bond acceptors (Lipinski definition) is 5. The van der Waals surface area contributed by atoms with Crippen LogP contribution in [-0.2, 0) is 16.0 Å². The molecule has 0 spiro atoms. The Labute approximate surface area is 165 Å². The number of carbonyl (C=O) groups is 2. The normalized spacial score (nSPS) is 10.1. The zero-order valence-corrected chi connectivity index (χ0v) is 16.4. The number of aryl methyl sites for hydroxylation is 1. The average Bonchev–Trinajstić information content (AvgIpc) is 2.71. The molecule has 0 radical (unpaired) electrons. The minimum atomic E-state index is -0.351. The van der Waals surface area contributed by atoms with Crippen LogP contribution in [-0.4, -0.2) is 45.7 Å². The molecule has 7 nitrogen and oxygen atoms in total. The van der Waals surface area contributed by atoms with E-state index < -0.39 is 0 Å². The third-order valence-electron chi connectivity index (χ3n) is 4.02. The third-order valence-corrected chi connectivity index (χ3v) is 4.02. The monoisotopic (exact) mass is 386 g/mol. The first-order chi connectivity index (χ1) is 13.5. The van der Waals surface area contributed by atoms with Crippen LogP contribution >= 0.6 is 0 Å². The summed E-state index contributed by atoms with van der Waals surface area (Å²) < 4.78 is 15.8. The Morgan fingerprint density at radius 2 is 1.61 bits per heavy atom. The highest BCUT2D eigenvalue weighted by molar-refractivity contribution is 5.85. The molecule has 7 heteroatoms. The molecule has 2 aromatic carbocycles. The lowest BCUT2D eigenvalue weighted by atomic mass is 10.1. The van der Waals surface area contributed by atoms with Gasteiger partial charge in [-0.3, -0.25) is 9.59 Å². The average molecular weight is 386 g/mol. The summed E-state index contributed by atoms with van der Waals surface area (Å²) in [6.07, 6.45) is 0.635. The Balaban J connectivity index is 1.65. The van der Waals surface area contributed by atoms with Crippen LogP contribution in [0.25, 0.3) is 0 Å². The van der Waals surface area contributed by atoms with E-state index in [1.54, 1.807) is 26.4 Å². The molecular weight excluding hydrogens is 360 g/mol. The molecule has 28 heavy (non-hydrogen) atoms. The van der Waals surface area contributed by atoms with Crippen molar-refractivity contribution < 1.29 is 23.8 Å². The summed E-state index contributed by atoms with van der Waals surface area (Å²) >= 11 is 0. The predicted molar refractivity (Wildman–Crippen MR) is 106 cm³/mol. The summed E-state index contributed by atoms with van der Waals surface area (Å²) in [5, 5.41) is 5.30. The fourth-order valence-corrected chi connectivity index (χ4v) is 2.46. The van der Waals surface area contributed by atoms with Crippen molar-refractivity contribution in [2.45, 2.75) is 13.3 Å². The largest absolute Gasteiger partial charge is 0.493 e. The number of nitrogens with one attached hydrogen (secondary N) is 2. The van der Waals surface area contributed by atoms with E-state index >= 15 is 0 Å². The van der Waals surface area contributed by atoms with Crippen molar-refractivity contribution in [2.24, 2.45) is 0 Å². The van der Waals surface area contributed by atoms with Crippen molar-refractivity contribution in [2.75, 3.05) is 33.9 Å². The van der Waals surface area contributed by atoms with Crippen molar-refractivity contribution in [3.05, 3.63) is 53.6 Å². The SMILES string of the molecule is COc1ccc(CCNC(=O)CNC(=O)COc2ccc(C)cc2)cc1OC. The van der Waals surface area contributed by atoms with Crippen LogP contribution in [0.3, 0.4) is 0 Å². The smallest absolute Gasteiger partial charge is 0.258 e. The minimum Gasteiger partial charge on any atom is -0.493 e. The van der Waals surface area contributed by atoms with Gasteiger partial charge in [-0.25, -0.2) is 0 Å². The Morgan fingerprint density at radius 3 is 2.29 bits per heavy atom. The van der Waals surface area contributed by atoms with Crippen molar-refractivity contribution in [1.29, 1.82) is 0 Å². The number of benzene rings is 2. The van der Waals surface area contributed by atoms with Crippen molar-refractivity contribution >= 4 is 11.8 Å². The van der Waals surface area contributed by atoms with E-state index in [4.69, 9.17) is 14.2 Å². The van der Waals surface area contributed by atoms with Gasteiger partial charge in [0, 0.05) is 6.54 Å². The minimum absolute atomic E-state index is 0.0952. The quantitative estimate of drug-likeness (QED) is 0.651. The Morgan fingerprint density at radius 1 is 0.893 bits per heavy atom. The zero-order valence-electron chi connectivity index (χ0n) is 16.4. The molecule has 2 amide bonds. The highest BCUT2D eigenvalue weighted by Crippen LogP contribution is 2.27. The second kappa shape index (κ2) is 10.8. The van der Waals surface area contributed by atoms with Crippen LogP contribution in [0.5, 0.6) is 17.2 Å². The standard InChI is InChI=1S/C21H26N2O5/c1-15-4-7-17(8-5-15)28-14-21(25)23-13-20(24)22-11-10-16-6-9-18(26-2)19(12-16)27-3/h4-9,12H,10-11,13-14H2,1-3H3,(H,22,24)(H,23,25). The second-order valence-electron chi connectivity index (χ2n) is 6.17. The lowest BCUT2D eigenvalue weighted by Gasteiger charge is -2.10. The molecule has 0 saturated heterocycles. The molecule has 2 aromatic rings. The van der Waals surface area contributed by atoms with E-state index in [9.17, 15) is 9.59 Å². The van der Waals surface area contributed by atoms with Gasteiger partial charge >= 0.3 is 0 Å². The molecule has 0 saturated carbocycles. The Kier molecular flexibility index (Phi) is 8.14. The van der Waals surface area contributed by atoms with E-state index in [0.717, 1.165) is 11.1 Å². The maximum absolute atomic E-state index is 11.9. The highest BCUT2D eigenvalue weighted by atomic mass is 16.5. The molecule has 0 aliphatic heterocycles. The molecular formula is C21H26N2O5. The second-order valence-corrected chi connectivity index (χ2v) is 6.17. The maximum Gasteiger partial charge on any atom is 0.258 e. The van der Waals surface area contributed by atoms with Gasteiger partial charge in [0.2, 0.25) is 5.91 Å². The molecule has 0 atom stereocenters. The first-order valence-electron chi connectivity index (χ1n) is 8.95. The van der Waals surface area contributed by atoms with Crippen LogP contribution in [0.2, 0.25) is 0 Å². The van der Waals surface area contributed by atoms with E-state index in [1.807, 2.05) is 37.3 Å². The van der Waals surface area contributed by atoms with Crippen LogP contribution < -0.4 is 24.8 Å². The topological polar surface area (TPSA) is 85.9 Å². The summed E-state index contributed by atoms with van der Waals surface area (Å²) in [7, 11) is 3.16. The molecule has 0 unspecified atom stereocenters. The fourth-order valence-electron chi connectivity index (χ4n) is 2.46. The van der Waals surface area contributed by atoms with E-state index in [0.29, 0.717) is 30.2 Å². The summed E-state index contributed by atoms with van der Waals surface area (Å²) in [6, 6.07) is 13.0. The first kappa shape index (κ1) is 21.1. The molecule has 0 heterocycles. The molecule has 0 fully saturated rings. The number of amides is 2. The van der Waals surface area contributed by atoms with Gasteiger partial charge in [-0.1, -0.05) is 23.8 Å². The van der Waals surface area contributed by atoms with Crippen LogP contribution in [0.4, 0.5) is 0 Å². The van der Waals surface area contributed by atoms with Crippen LogP contribution in [0.15, 0.2) is 42.5 Å². The van der Waals surface area contributed by atoms with Gasteiger partial charge in [-0.15, -0.1) is 0 Å². The number of methoxy groups -OCH3 is 2. The van der Waals surface area contributed by atoms with Gasteiger partial charge in [-0.05, 0) is 43.2 Å². The molecule has 2 rings (SSSR count). The van der Waals surface area contributed by atoms with Crippen molar-refractivity contribution in [3.8, 4) is 17.2 Å². The zero-order chi connectivity index (χ0) is 20.4. The summed E-state index contributed by atoms with van der Waals surface area (Å²) in [4.78, 5) is 23.6. The van der Waals surface area contributed by atoms with Crippen molar-refractivity contribution in [3.63, 3.8) is 0 Å². The number of ether oxygens (including phenoxy) is 3. The molecule has 2 N–H and O–H groups in total. The summed E-state index contributed by atoms with van der Waals surface area (Å²) in [5.74, 6) is 1.30. The molecule has 0 aromatic heterocycles. The molecule has 0 aliphatic rings. The highest BCUT2D eigenvalue weighted by Gasteiger charge is 2.08. The molecule has 0 aliphatic carbocycles. The van der Waals surface area contributed by atoms with Gasteiger partial charge in [0.1, 0.15) is 5.75 Å². The van der Waals surface area contributed by atoms with Gasteiger partial charge in [0.15, 0.2) is 18.1 Å². The van der Waals surface area contributed by atoms with E-state index in [1.165, 1.54) is 0 Å². The van der Waals surface area contributed by atoms with Crippen molar-refractivity contribution in [1.82, 2.24) is 10.6 Å². The predicted octanol–water partition coefficient (Wildman–Crippen LogP) is 1.87. The fraction of sp³-hybridized carbons (Fsp3) is 0.333. The number of hydrogen-bond donors (Lipinski definition) is 2. The van der Waals surface area contributed by atoms with Gasteiger partial charge in [-0.2, -0.15) is 0 Å². The van der Waals surface area contributed by atoms with Gasteiger partial charge in [0.05, 0.1) is 20.8 Å². The van der Waals surface area contributed by atoms with E-state index in [-0.39, 0.29) is 25.0 Å². The van der Waals surface area contributed by atoms with Gasteiger partial charge in [0.25, 0.3) is 5.91 Å². The first-order valence-corrected chi connectivity index (χ1v) is 8.95. The maximum atomic E-state index is 11.9. The third kappa shape index (κ3) is 6.83. The lowest BCUT2D eigenvalue weighted by Crippen LogP contribution is -2.39. The van der Waals surface area contributed by atoms with Crippen LogP contribution in [0, 0.1) is 6.92 Å². The molecule has 150 valence electrons. The number of rotatable bonds is 10. The van der Waals surface area contributed by atoms with Crippen LogP contribution in [0.1, 0.15) is 11.1 Å².